The Morgan fingerprint density at radius 3 is 2.85 bits per heavy atom. The monoisotopic (exact) mass is 385 g/mol. The lowest BCUT2D eigenvalue weighted by atomic mass is 9.88. The van der Waals surface area contributed by atoms with Gasteiger partial charge < -0.3 is 14.8 Å². The molecule has 2 N–H and O–H groups in total. The van der Waals surface area contributed by atoms with Gasteiger partial charge in [0.05, 0.1) is 28.7 Å². The highest BCUT2D eigenvalue weighted by atomic mass is 35.5. The number of fused-ring (bicyclic) bond motifs is 2. The van der Waals surface area contributed by atoms with Gasteiger partial charge >= 0.3 is 0 Å². The third-order valence-corrected chi connectivity index (χ3v) is 6.06. The van der Waals surface area contributed by atoms with Crippen molar-refractivity contribution in [2.75, 3.05) is 0 Å². The van der Waals surface area contributed by atoms with E-state index in [2.05, 4.69) is 10.3 Å². The Hall–Kier alpha value is -2.44. The van der Waals surface area contributed by atoms with Crippen molar-refractivity contribution in [1.82, 2.24) is 14.7 Å². The van der Waals surface area contributed by atoms with Crippen molar-refractivity contribution in [3.8, 4) is 0 Å². The molecule has 2 aliphatic carbocycles. The fourth-order valence-electron chi connectivity index (χ4n) is 4.53. The Morgan fingerprint density at radius 2 is 2.11 bits per heavy atom. The van der Waals surface area contributed by atoms with E-state index in [1.807, 2.05) is 4.40 Å². The van der Waals surface area contributed by atoms with Crippen LogP contribution < -0.4 is 5.32 Å². The summed E-state index contributed by atoms with van der Waals surface area (Å²) in [6, 6.07) is 7.46. The maximum Gasteiger partial charge on any atom is 0.251 e. The van der Waals surface area contributed by atoms with Gasteiger partial charge in [-0.2, -0.15) is 0 Å². The molecule has 5 rings (SSSR count). The van der Waals surface area contributed by atoms with Gasteiger partial charge in [0.25, 0.3) is 5.91 Å². The SMILES string of the molecule is O=C(N[C@H]1[C@@H]2C[C@](O)(c3cc(Cl)cn4cncc34)C[C@@H]21)c1cccc(F)c1. The van der Waals surface area contributed by atoms with Crippen LogP contribution in [-0.2, 0) is 5.60 Å². The first kappa shape index (κ1) is 16.7. The van der Waals surface area contributed by atoms with E-state index in [9.17, 15) is 14.3 Å². The molecule has 7 heteroatoms. The van der Waals surface area contributed by atoms with Crippen LogP contribution in [0.25, 0.3) is 5.52 Å². The summed E-state index contributed by atoms with van der Waals surface area (Å²) < 4.78 is 15.1. The molecule has 0 spiro atoms. The van der Waals surface area contributed by atoms with Crippen LogP contribution in [0.1, 0.15) is 28.8 Å². The summed E-state index contributed by atoms with van der Waals surface area (Å²) in [5.74, 6) is -0.305. The van der Waals surface area contributed by atoms with E-state index in [1.165, 1.54) is 18.2 Å². The molecule has 3 aromatic rings. The predicted molar refractivity (Wildman–Crippen MR) is 98.0 cm³/mol. The maximum atomic E-state index is 13.3. The molecular weight excluding hydrogens is 369 g/mol. The summed E-state index contributed by atoms with van der Waals surface area (Å²) in [6.45, 7) is 0. The Morgan fingerprint density at radius 1 is 1.33 bits per heavy atom. The third-order valence-electron chi connectivity index (χ3n) is 5.85. The standard InChI is InChI=1S/C20H17ClFN3O2/c21-12-5-16(17-8-23-10-25(17)9-12)20(27)6-14-15(7-20)18(14)24-19(26)11-2-1-3-13(22)4-11/h1-5,8-10,14-15,18,27H,6-7H2,(H,24,26)/t14-,15+,18+,20-. The third kappa shape index (κ3) is 2.71. The highest BCUT2D eigenvalue weighted by Crippen LogP contribution is 2.60. The summed E-state index contributed by atoms with van der Waals surface area (Å²) in [5, 5.41) is 14.8. The van der Waals surface area contributed by atoms with E-state index in [0.717, 1.165) is 11.1 Å². The van der Waals surface area contributed by atoms with Crippen LogP contribution in [0.15, 0.2) is 49.1 Å². The minimum atomic E-state index is -0.985. The first-order valence-electron chi connectivity index (χ1n) is 8.85. The Balaban J connectivity index is 1.33. The second-order valence-corrected chi connectivity index (χ2v) is 7.97. The van der Waals surface area contributed by atoms with Crippen molar-refractivity contribution < 1.29 is 14.3 Å². The molecule has 4 atom stereocenters. The molecule has 2 aliphatic rings. The molecule has 2 aromatic heterocycles. The van der Waals surface area contributed by atoms with Crippen molar-refractivity contribution in [3.63, 3.8) is 0 Å². The van der Waals surface area contributed by atoms with Crippen LogP contribution in [0.5, 0.6) is 0 Å². The largest absolute Gasteiger partial charge is 0.385 e. The molecular formula is C20H17ClFN3O2. The van der Waals surface area contributed by atoms with Crippen molar-refractivity contribution in [2.45, 2.75) is 24.5 Å². The zero-order valence-corrected chi connectivity index (χ0v) is 15.0. The van der Waals surface area contributed by atoms with E-state index in [0.29, 0.717) is 23.4 Å². The predicted octanol–water partition coefficient (Wildman–Crippen LogP) is 3.15. The number of rotatable bonds is 3. The molecule has 0 aliphatic heterocycles. The van der Waals surface area contributed by atoms with Crippen LogP contribution in [0, 0.1) is 17.7 Å². The van der Waals surface area contributed by atoms with E-state index < -0.39 is 11.4 Å². The molecule has 2 fully saturated rings. The number of aromatic nitrogens is 2. The minimum Gasteiger partial charge on any atom is -0.385 e. The fraction of sp³-hybridized carbons (Fsp3) is 0.300. The number of carbonyl (C=O) groups is 1. The average Bonchev–Trinajstić information content (AvgIpc) is 3.01. The van der Waals surface area contributed by atoms with Crippen molar-refractivity contribution in [1.29, 1.82) is 0 Å². The van der Waals surface area contributed by atoms with Crippen LogP contribution in [0.2, 0.25) is 5.02 Å². The summed E-state index contributed by atoms with van der Waals surface area (Å²) in [4.78, 5) is 16.5. The maximum absolute atomic E-state index is 13.3. The van der Waals surface area contributed by atoms with Gasteiger partial charge in [-0.05, 0) is 48.9 Å². The Labute approximate surface area is 159 Å². The number of aliphatic hydroxyl groups is 1. The summed E-state index contributed by atoms with van der Waals surface area (Å²) in [5.41, 5.74) is 0.936. The number of imidazole rings is 1. The zero-order valence-electron chi connectivity index (χ0n) is 14.3. The normalized spacial score (nSPS) is 28.9. The van der Waals surface area contributed by atoms with Gasteiger partial charge in [0, 0.05) is 23.4 Å². The molecule has 5 nitrogen and oxygen atoms in total. The highest BCUT2D eigenvalue weighted by molar-refractivity contribution is 6.30. The number of benzene rings is 1. The van der Waals surface area contributed by atoms with Gasteiger partial charge in [0.15, 0.2) is 0 Å². The lowest BCUT2D eigenvalue weighted by molar-refractivity contribution is 0.0289. The topological polar surface area (TPSA) is 66.6 Å². The van der Waals surface area contributed by atoms with E-state index in [-0.39, 0.29) is 23.8 Å². The number of hydrogen-bond donors (Lipinski definition) is 2. The van der Waals surface area contributed by atoms with Gasteiger partial charge in [-0.25, -0.2) is 9.37 Å². The summed E-state index contributed by atoms with van der Waals surface area (Å²) >= 11 is 6.20. The number of halogens is 2. The van der Waals surface area contributed by atoms with Crippen LogP contribution in [0.3, 0.4) is 0 Å². The molecule has 0 saturated heterocycles. The van der Waals surface area contributed by atoms with E-state index in [4.69, 9.17) is 11.6 Å². The summed E-state index contributed by atoms with van der Waals surface area (Å²) in [7, 11) is 0. The number of carbonyl (C=O) groups excluding carboxylic acids is 1. The number of nitrogens with one attached hydrogen (secondary N) is 1. The van der Waals surface area contributed by atoms with Crippen molar-refractivity contribution >= 4 is 23.0 Å². The number of nitrogens with zero attached hydrogens (tertiary/aromatic N) is 2. The number of pyridine rings is 1. The fourth-order valence-corrected chi connectivity index (χ4v) is 4.75. The molecule has 1 amide bonds. The first-order valence-corrected chi connectivity index (χ1v) is 9.23. The van der Waals surface area contributed by atoms with Gasteiger partial charge in [-0.3, -0.25) is 4.79 Å². The van der Waals surface area contributed by atoms with Gasteiger partial charge in [-0.15, -0.1) is 0 Å². The molecule has 0 unspecified atom stereocenters. The van der Waals surface area contributed by atoms with Gasteiger partial charge in [0.2, 0.25) is 0 Å². The zero-order chi connectivity index (χ0) is 18.8. The van der Waals surface area contributed by atoms with E-state index >= 15 is 0 Å². The quantitative estimate of drug-likeness (QED) is 0.727. The molecule has 1 aromatic carbocycles. The first-order chi connectivity index (χ1) is 12.9. The van der Waals surface area contributed by atoms with E-state index in [1.54, 1.807) is 30.9 Å². The lowest BCUT2D eigenvalue weighted by Crippen LogP contribution is -2.33. The molecule has 0 bridgehead atoms. The van der Waals surface area contributed by atoms with Gasteiger partial charge in [0.1, 0.15) is 5.82 Å². The highest BCUT2D eigenvalue weighted by Gasteiger charge is 2.62. The van der Waals surface area contributed by atoms with Crippen LogP contribution in [-0.4, -0.2) is 26.4 Å². The number of hydrogen-bond acceptors (Lipinski definition) is 3. The lowest BCUT2D eigenvalue weighted by Gasteiger charge is -2.27. The minimum absolute atomic E-state index is 0.0150. The molecule has 0 radical (unpaired) electrons. The Kier molecular flexibility index (Phi) is 3.58. The molecule has 2 heterocycles. The second kappa shape index (κ2) is 5.78. The van der Waals surface area contributed by atoms with Crippen LogP contribution >= 0.6 is 11.6 Å². The molecule has 2 saturated carbocycles. The second-order valence-electron chi connectivity index (χ2n) is 7.54. The average molecular weight is 386 g/mol. The molecule has 138 valence electrons. The van der Waals surface area contributed by atoms with Crippen molar-refractivity contribution in [2.24, 2.45) is 11.8 Å². The number of amides is 1. The van der Waals surface area contributed by atoms with Gasteiger partial charge in [-0.1, -0.05) is 17.7 Å². The van der Waals surface area contributed by atoms with Crippen LogP contribution in [0.4, 0.5) is 4.39 Å². The summed E-state index contributed by atoms with van der Waals surface area (Å²) in [6.07, 6.45) is 6.23. The van der Waals surface area contributed by atoms with Crippen molar-refractivity contribution in [3.05, 3.63) is 71.0 Å². The Bertz CT molecular complexity index is 1050. The molecule has 27 heavy (non-hydrogen) atoms. The smallest absolute Gasteiger partial charge is 0.251 e.